The molecule has 2 aliphatic heterocycles. The van der Waals surface area contributed by atoms with Crippen molar-refractivity contribution >= 4 is 28.4 Å². The average Bonchev–Trinajstić information content (AvgIpc) is 3.60. The highest BCUT2D eigenvalue weighted by Crippen LogP contribution is 2.31. The minimum atomic E-state index is 0.780. The van der Waals surface area contributed by atoms with E-state index in [-0.39, 0.29) is 0 Å². The maximum absolute atomic E-state index is 5.75. The number of hydrogen-bond acceptors (Lipinski definition) is 4. The first kappa shape index (κ1) is 23.4. The number of rotatable bonds is 6. The summed E-state index contributed by atoms with van der Waals surface area (Å²) in [5.74, 6) is 0.780. The zero-order valence-corrected chi connectivity index (χ0v) is 21.7. The number of aryl methyl sites for hydroxylation is 2. The number of methoxy groups -OCH3 is 1. The van der Waals surface area contributed by atoms with Crippen LogP contribution in [0, 0.1) is 13.8 Å². The van der Waals surface area contributed by atoms with Crippen LogP contribution in [0.4, 0.5) is 5.69 Å². The zero-order chi connectivity index (χ0) is 25.4. The second-order valence-corrected chi connectivity index (χ2v) is 9.91. The van der Waals surface area contributed by atoms with Gasteiger partial charge >= 0.3 is 0 Å². The van der Waals surface area contributed by atoms with Gasteiger partial charge in [-0.05, 0) is 49.8 Å². The molecule has 0 spiro atoms. The van der Waals surface area contributed by atoms with Gasteiger partial charge in [0, 0.05) is 72.3 Å². The van der Waals surface area contributed by atoms with E-state index in [1.807, 2.05) is 0 Å². The fraction of sp³-hybridized carbons (Fsp3) is 0.258. The lowest BCUT2D eigenvalue weighted by Crippen LogP contribution is -2.46. The van der Waals surface area contributed by atoms with E-state index in [0.717, 1.165) is 72.5 Å². The highest BCUT2D eigenvalue weighted by Gasteiger charge is 2.25. The molecule has 0 atom stereocenters. The maximum atomic E-state index is 5.75. The van der Waals surface area contributed by atoms with Crippen LogP contribution in [0.3, 0.4) is 0 Å². The predicted octanol–water partition coefficient (Wildman–Crippen LogP) is 5.81. The molecule has 1 saturated heterocycles. The van der Waals surface area contributed by atoms with E-state index in [9.17, 15) is 0 Å². The number of fused-ring (bicyclic) bond motifs is 1. The predicted molar refractivity (Wildman–Crippen MR) is 152 cm³/mol. The summed E-state index contributed by atoms with van der Waals surface area (Å²) in [5, 5.41) is 1.26. The highest BCUT2D eigenvalue weighted by molar-refractivity contribution is 6.14. The third kappa shape index (κ3) is 4.60. The van der Waals surface area contributed by atoms with E-state index in [0.29, 0.717) is 0 Å². The number of piperazine rings is 1. The summed E-state index contributed by atoms with van der Waals surface area (Å²) in [5.41, 5.74) is 9.96. The van der Waals surface area contributed by atoms with Crippen molar-refractivity contribution in [3.8, 4) is 0 Å². The highest BCUT2D eigenvalue weighted by atomic mass is 16.5. The summed E-state index contributed by atoms with van der Waals surface area (Å²) >= 11 is 0. The molecular formula is C31H33N5O. The zero-order valence-electron chi connectivity index (χ0n) is 21.7. The van der Waals surface area contributed by atoms with E-state index in [1.165, 1.54) is 22.2 Å². The first-order chi connectivity index (χ1) is 18.1. The number of ether oxygens (including phenoxy) is 1. The number of aromatic amines is 2. The molecule has 37 heavy (non-hydrogen) atoms. The minimum Gasteiger partial charge on any atom is -0.494 e. The van der Waals surface area contributed by atoms with E-state index < -0.39 is 0 Å². The summed E-state index contributed by atoms with van der Waals surface area (Å²) in [6.07, 6.45) is 4.13. The van der Waals surface area contributed by atoms with Gasteiger partial charge in [0.2, 0.25) is 0 Å². The maximum Gasteiger partial charge on any atom is 0.146 e. The lowest BCUT2D eigenvalue weighted by atomic mass is 10.1. The van der Waals surface area contributed by atoms with Gasteiger partial charge in [-0.25, -0.2) is 4.99 Å². The van der Waals surface area contributed by atoms with Crippen molar-refractivity contribution in [2.24, 2.45) is 4.99 Å². The molecule has 6 nitrogen and oxygen atoms in total. The van der Waals surface area contributed by atoms with Crippen molar-refractivity contribution in [2.45, 2.75) is 20.4 Å². The number of nitrogens with zero attached hydrogens (tertiary/aromatic N) is 3. The third-order valence-corrected chi connectivity index (χ3v) is 7.40. The largest absolute Gasteiger partial charge is 0.494 e. The van der Waals surface area contributed by atoms with Crippen LogP contribution in [-0.4, -0.2) is 53.9 Å². The summed E-state index contributed by atoms with van der Waals surface area (Å²) in [7, 11) is 1.71. The Morgan fingerprint density at radius 1 is 0.946 bits per heavy atom. The number of aliphatic imine (C=N–C) groups is 1. The van der Waals surface area contributed by atoms with E-state index in [4.69, 9.17) is 9.73 Å². The number of para-hydroxylation sites is 2. The normalized spacial score (nSPS) is 17.5. The molecule has 0 radical (unpaired) electrons. The number of H-pyrrole nitrogens is 2. The van der Waals surface area contributed by atoms with Crippen molar-refractivity contribution in [3.05, 3.63) is 106 Å². The van der Waals surface area contributed by atoms with Gasteiger partial charge < -0.3 is 19.6 Å². The number of aromatic nitrogens is 2. The van der Waals surface area contributed by atoms with Gasteiger partial charge in [-0.15, -0.1) is 0 Å². The van der Waals surface area contributed by atoms with E-state index in [1.54, 1.807) is 7.11 Å². The van der Waals surface area contributed by atoms with Crippen LogP contribution in [-0.2, 0) is 11.3 Å². The Kier molecular flexibility index (Phi) is 6.18. The minimum absolute atomic E-state index is 0.780. The molecule has 0 bridgehead atoms. The van der Waals surface area contributed by atoms with Crippen molar-refractivity contribution in [3.63, 3.8) is 0 Å². The molecule has 0 amide bonds. The van der Waals surface area contributed by atoms with Gasteiger partial charge in [-0.3, -0.25) is 4.90 Å². The number of hydrogen-bond donors (Lipinski definition) is 2. The first-order valence-electron chi connectivity index (χ1n) is 12.9. The van der Waals surface area contributed by atoms with Crippen molar-refractivity contribution in [2.75, 3.05) is 38.2 Å². The van der Waals surface area contributed by atoms with Gasteiger partial charge in [0.25, 0.3) is 0 Å². The molecular weight excluding hydrogens is 458 g/mol. The molecule has 2 aliphatic rings. The SMILES string of the molecule is COC1=CC(c2[nH]c3ccccc3c2CN2CCN(c3ccccc3)CC2)=NC1=Cc1[nH]c(C)cc1C. The van der Waals surface area contributed by atoms with Gasteiger partial charge in [0.05, 0.1) is 18.5 Å². The second kappa shape index (κ2) is 9.79. The molecule has 4 heterocycles. The first-order valence-corrected chi connectivity index (χ1v) is 12.9. The fourth-order valence-corrected chi connectivity index (χ4v) is 5.46. The van der Waals surface area contributed by atoms with Crippen LogP contribution < -0.4 is 4.90 Å². The van der Waals surface area contributed by atoms with E-state index in [2.05, 4.69) is 106 Å². The Balaban J connectivity index is 1.30. The van der Waals surface area contributed by atoms with Gasteiger partial charge in [0.15, 0.2) is 0 Å². The second-order valence-electron chi connectivity index (χ2n) is 9.91. The number of allylic oxidation sites excluding steroid dienone is 1. The molecule has 6 heteroatoms. The van der Waals surface area contributed by atoms with Crippen LogP contribution in [0.5, 0.6) is 0 Å². The monoisotopic (exact) mass is 491 g/mol. The Bertz CT molecular complexity index is 1510. The molecule has 1 fully saturated rings. The Morgan fingerprint density at radius 3 is 2.43 bits per heavy atom. The molecule has 2 aromatic heterocycles. The average molecular weight is 492 g/mol. The summed E-state index contributed by atoms with van der Waals surface area (Å²) in [6, 6.07) is 21.4. The van der Waals surface area contributed by atoms with Crippen LogP contribution in [0.15, 0.2) is 83.2 Å². The third-order valence-electron chi connectivity index (χ3n) is 7.40. The lowest BCUT2D eigenvalue weighted by Gasteiger charge is -2.36. The Hall–Kier alpha value is -4.03. The van der Waals surface area contributed by atoms with Gasteiger partial charge in [-0.2, -0.15) is 0 Å². The molecule has 188 valence electrons. The van der Waals surface area contributed by atoms with Crippen molar-refractivity contribution in [1.82, 2.24) is 14.9 Å². The number of benzene rings is 2. The lowest BCUT2D eigenvalue weighted by molar-refractivity contribution is 0.250. The summed E-state index contributed by atoms with van der Waals surface area (Å²) < 4.78 is 5.75. The van der Waals surface area contributed by atoms with Crippen LogP contribution in [0.2, 0.25) is 0 Å². The molecule has 2 aromatic carbocycles. The quantitative estimate of drug-likeness (QED) is 0.358. The standard InChI is InChI=1S/C31H33N5O/c1-21-17-22(2)32-27(21)18-28-30(37-3)19-29(33-28)31-25(24-11-7-8-12-26(24)34-31)20-35-13-15-36(16-14-35)23-9-5-4-6-10-23/h4-12,17-19,32,34H,13-16,20H2,1-3H3. The smallest absolute Gasteiger partial charge is 0.146 e. The molecule has 0 saturated carbocycles. The van der Waals surface area contributed by atoms with E-state index >= 15 is 0 Å². The van der Waals surface area contributed by atoms with Gasteiger partial charge in [-0.1, -0.05) is 36.4 Å². The number of nitrogens with one attached hydrogen (secondary N) is 2. The molecule has 6 rings (SSSR count). The van der Waals surface area contributed by atoms with Crippen molar-refractivity contribution in [1.29, 1.82) is 0 Å². The molecule has 0 aliphatic carbocycles. The van der Waals surface area contributed by atoms with Crippen LogP contribution in [0.1, 0.15) is 28.2 Å². The van der Waals surface area contributed by atoms with Crippen LogP contribution >= 0.6 is 0 Å². The Morgan fingerprint density at radius 2 is 1.70 bits per heavy atom. The Labute approximate surface area is 218 Å². The topological polar surface area (TPSA) is 59.6 Å². The molecule has 2 N–H and O–H groups in total. The number of anilines is 1. The van der Waals surface area contributed by atoms with Crippen molar-refractivity contribution < 1.29 is 4.74 Å². The summed E-state index contributed by atoms with van der Waals surface area (Å²) in [4.78, 5) is 17.2. The fourth-order valence-electron chi connectivity index (χ4n) is 5.46. The molecule has 4 aromatic rings. The summed E-state index contributed by atoms with van der Waals surface area (Å²) in [6.45, 7) is 9.16. The molecule has 0 unspecified atom stereocenters. The van der Waals surface area contributed by atoms with Crippen LogP contribution in [0.25, 0.3) is 17.0 Å². The van der Waals surface area contributed by atoms with Gasteiger partial charge in [0.1, 0.15) is 11.5 Å².